The SMILES string of the molecule is CC(C)(C)c1c[nH]c(=O)c2c(CN)cccc12. The van der Waals surface area contributed by atoms with E-state index in [1.807, 2.05) is 24.4 Å². The van der Waals surface area contributed by atoms with Crippen LogP contribution >= 0.6 is 0 Å². The lowest BCUT2D eigenvalue weighted by Gasteiger charge is -2.21. The first-order valence-electron chi connectivity index (χ1n) is 5.79. The highest BCUT2D eigenvalue weighted by molar-refractivity contribution is 5.88. The van der Waals surface area contributed by atoms with Gasteiger partial charge in [0.2, 0.25) is 0 Å². The maximum absolute atomic E-state index is 11.9. The molecule has 0 aliphatic heterocycles. The molecule has 2 rings (SSSR count). The van der Waals surface area contributed by atoms with Crippen molar-refractivity contribution in [2.24, 2.45) is 5.73 Å². The molecule has 0 radical (unpaired) electrons. The topological polar surface area (TPSA) is 58.9 Å². The van der Waals surface area contributed by atoms with E-state index in [2.05, 4.69) is 25.8 Å². The van der Waals surface area contributed by atoms with Crippen molar-refractivity contribution in [2.45, 2.75) is 32.7 Å². The molecule has 3 heteroatoms. The number of aromatic nitrogens is 1. The first-order valence-corrected chi connectivity index (χ1v) is 5.79. The number of hydrogen-bond acceptors (Lipinski definition) is 2. The van der Waals surface area contributed by atoms with E-state index in [1.54, 1.807) is 0 Å². The van der Waals surface area contributed by atoms with Gasteiger partial charge in [-0.2, -0.15) is 0 Å². The van der Waals surface area contributed by atoms with Gasteiger partial charge in [-0.05, 0) is 21.9 Å². The van der Waals surface area contributed by atoms with Crippen LogP contribution in [0, 0.1) is 0 Å². The summed E-state index contributed by atoms with van der Waals surface area (Å²) in [7, 11) is 0. The number of rotatable bonds is 1. The van der Waals surface area contributed by atoms with E-state index in [1.165, 1.54) is 0 Å². The molecule has 3 nitrogen and oxygen atoms in total. The Bertz CT molecular complexity index is 606. The molecule has 2 aromatic rings. The average Bonchev–Trinajstić information content (AvgIpc) is 2.27. The zero-order chi connectivity index (χ0) is 12.6. The standard InChI is InChI=1S/C14H18N2O/c1-14(2,3)11-8-16-13(17)12-9(7-15)5-4-6-10(11)12/h4-6,8H,7,15H2,1-3H3,(H,16,17). The van der Waals surface area contributed by atoms with Crippen molar-refractivity contribution in [3.63, 3.8) is 0 Å². The maximum Gasteiger partial charge on any atom is 0.256 e. The van der Waals surface area contributed by atoms with Crippen LogP contribution in [-0.4, -0.2) is 4.98 Å². The van der Waals surface area contributed by atoms with Crippen LogP contribution in [0.15, 0.2) is 29.2 Å². The molecule has 0 amide bonds. The molecule has 0 aliphatic carbocycles. The van der Waals surface area contributed by atoms with E-state index in [9.17, 15) is 4.79 Å². The highest BCUT2D eigenvalue weighted by Crippen LogP contribution is 2.28. The number of H-pyrrole nitrogens is 1. The summed E-state index contributed by atoms with van der Waals surface area (Å²) in [4.78, 5) is 14.7. The number of pyridine rings is 1. The van der Waals surface area contributed by atoms with Crippen LogP contribution in [0.2, 0.25) is 0 Å². The van der Waals surface area contributed by atoms with Crippen LogP contribution in [0.25, 0.3) is 10.8 Å². The lowest BCUT2D eigenvalue weighted by molar-refractivity contribution is 0.593. The Balaban J connectivity index is 2.93. The van der Waals surface area contributed by atoms with Crippen LogP contribution < -0.4 is 11.3 Å². The van der Waals surface area contributed by atoms with Crippen LogP contribution in [0.1, 0.15) is 31.9 Å². The molecule has 3 N–H and O–H groups in total. The predicted octanol–water partition coefficient (Wildman–Crippen LogP) is 2.28. The van der Waals surface area contributed by atoms with Crippen LogP contribution in [0.5, 0.6) is 0 Å². The van der Waals surface area contributed by atoms with Crippen LogP contribution in [0.4, 0.5) is 0 Å². The second-order valence-corrected chi connectivity index (χ2v) is 5.33. The number of nitrogens with one attached hydrogen (secondary N) is 1. The third-order valence-corrected chi connectivity index (χ3v) is 3.04. The van der Waals surface area contributed by atoms with Gasteiger partial charge in [-0.1, -0.05) is 39.0 Å². The largest absolute Gasteiger partial charge is 0.328 e. The van der Waals surface area contributed by atoms with Crippen molar-refractivity contribution in [1.29, 1.82) is 0 Å². The molecule has 0 aliphatic rings. The minimum absolute atomic E-state index is 0.00429. The van der Waals surface area contributed by atoms with Gasteiger partial charge in [0, 0.05) is 12.7 Å². The summed E-state index contributed by atoms with van der Waals surface area (Å²) in [6.45, 7) is 6.79. The van der Waals surface area contributed by atoms with Gasteiger partial charge in [-0.25, -0.2) is 0 Å². The maximum atomic E-state index is 11.9. The fourth-order valence-electron chi connectivity index (χ4n) is 2.17. The van der Waals surface area contributed by atoms with Gasteiger partial charge in [0.15, 0.2) is 0 Å². The minimum atomic E-state index is -0.0611. The van der Waals surface area contributed by atoms with Gasteiger partial charge >= 0.3 is 0 Å². The Hall–Kier alpha value is -1.61. The molecule has 90 valence electrons. The molecular formula is C14H18N2O. The molecule has 1 aromatic heterocycles. The van der Waals surface area contributed by atoms with Crippen LogP contribution in [0.3, 0.4) is 0 Å². The van der Waals surface area contributed by atoms with Gasteiger partial charge < -0.3 is 10.7 Å². The molecule has 0 unspecified atom stereocenters. The van der Waals surface area contributed by atoms with Crippen molar-refractivity contribution in [2.75, 3.05) is 0 Å². The minimum Gasteiger partial charge on any atom is -0.328 e. The fraction of sp³-hybridized carbons (Fsp3) is 0.357. The Morgan fingerprint density at radius 3 is 2.59 bits per heavy atom. The molecular weight excluding hydrogens is 212 g/mol. The Kier molecular flexibility index (Phi) is 2.79. The first-order chi connectivity index (χ1) is 7.95. The smallest absolute Gasteiger partial charge is 0.256 e. The molecule has 0 atom stereocenters. The average molecular weight is 230 g/mol. The van der Waals surface area contributed by atoms with Gasteiger partial charge in [-0.15, -0.1) is 0 Å². The Morgan fingerprint density at radius 1 is 1.29 bits per heavy atom. The fourth-order valence-corrected chi connectivity index (χ4v) is 2.17. The quantitative estimate of drug-likeness (QED) is 0.789. The molecule has 0 bridgehead atoms. The molecule has 0 spiro atoms. The van der Waals surface area contributed by atoms with E-state index >= 15 is 0 Å². The highest BCUT2D eigenvalue weighted by atomic mass is 16.1. The van der Waals surface area contributed by atoms with Gasteiger partial charge in [0.05, 0.1) is 5.39 Å². The number of hydrogen-bond donors (Lipinski definition) is 2. The van der Waals surface area contributed by atoms with E-state index in [0.717, 1.165) is 21.9 Å². The van der Waals surface area contributed by atoms with E-state index < -0.39 is 0 Å². The van der Waals surface area contributed by atoms with Gasteiger partial charge in [-0.3, -0.25) is 4.79 Å². The molecule has 1 heterocycles. The molecule has 17 heavy (non-hydrogen) atoms. The molecule has 0 saturated carbocycles. The third kappa shape index (κ3) is 1.98. The predicted molar refractivity (Wildman–Crippen MR) is 71.2 cm³/mol. The van der Waals surface area contributed by atoms with Crippen molar-refractivity contribution in [1.82, 2.24) is 4.98 Å². The summed E-state index contributed by atoms with van der Waals surface area (Å²) in [5.41, 5.74) is 7.66. The second-order valence-electron chi connectivity index (χ2n) is 5.33. The van der Waals surface area contributed by atoms with E-state index in [0.29, 0.717) is 6.54 Å². The Labute approximate surface area is 101 Å². The van der Waals surface area contributed by atoms with E-state index in [4.69, 9.17) is 5.73 Å². The molecule has 1 aromatic carbocycles. The van der Waals surface area contributed by atoms with Gasteiger partial charge in [0.25, 0.3) is 5.56 Å². The third-order valence-electron chi connectivity index (χ3n) is 3.04. The molecule has 0 saturated heterocycles. The summed E-state index contributed by atoms with van der Waals surface area (Å²) in [6, 6.07) is 5.85. The summed E-state index contributed by atoms with van der Waals surface area (Å²) in [5, 5.41) is 1.73. The lowest BCUT2D eigenvalue weighted by Crippen LogP contribution is -2.18. The number of fused-ring (bicyclic) bond motifs is 1. The second kappa shape index (κ2) is 4.00. The number of aromatic amines is 1. The summed E-state index contributed by atoms with van der Waals surface area (Å²) < 4.78 is 0. The number of nitrogens with two attached hydrogens (primary N) is 1. The normalized spacial score (nSPS) is 12.0. The van der Waals surface area contributed by atoms with Crippen LogP contribution in [-0.2, 0) is 12.0 Å². The summed E-state index contributed by atoms with van der Waals surface area (Å²) >= 11 is 0. The van der Waals surface area contributed by atoms with Gasteiger partial charge in [0.1, 0.15) is 0 Å². The zero-order valence-corrected chi connectivity index (χ0v) is 10.5. The zero-order valence-electron chi connectivity index (χ0n) is 10.5. The Morgan fingerprint density at radius 2 is 2.00 bits per heavy atom. The highest BCUT2D eigenvalue weighted by Gasteiger charge is 2.18. The first kappa shape index (κ1) is 11.9. The van der Waals surface area contributed by atoms with Crippen molar-refractivity contribution in [3.05, 3.63) is 45.9 Å². The lowest BCUT2D eigenvalue weighted by atomic mass is 9.84. The van der Waals surface area contributed by atoms with Crippen molar-refractivity contribution >= 4 is 10.8 Å². The molecule has 0 fully saturated rings. The summed E-state index contributed by atoms with van der Waals surface area (Å²) in [5.74, 6) is 0. The van der Waals surface area contributed by atoms with E-state index in [-0.39, 0.29) is 11.0 Å². The van der Waals surface area contributed by atoms with Crippen molar-refractivity contribution < 1.29 is 0 Å². The number of benzene rings is 1. The van der Waals surface area contributed by atoms with Crippen molar-refractivity contribution in [3.8, 4) is 0 Å². The summed E-state index contributed by atoms with van der Waals surface area (Å²) in [6.07, 6.45) is 1.81. The monoisotopic (exact) mass is 230 g/mol.